The number of rotatable bonds is 3. The van der Waals surface area contributed by atoms with Gasteiger partial charge < -0.3 is 14.8 Å². The van der Waals surface area contributed by atoms with Gasteiger partial charge in [-0.3, -0.25) is 0 Å². The molecule has 0 aliphatic carbocycles. The van der Waals surface area contributed by atoms with Crippen LogP contribution in [0.1, 0.15) is 6.42 Å². The van der Waals surface area contributed by atoms with Crippen molar-refractivity contribution in [3.05, 3.63) is 10.8 Å². The van der Waals surface area contributed by atoms with Crippen molar-refractivity contribution in [2.75, 3.05) is 25.6 Å². The molecular formula is C9H12BrN3O2. The first-order valence-corrected chi connectivity index (χ1v) is 5.53. The lowest BCUT2D eigenvalue weighted by Gasteiger charge is -2.13. The van der Waals surface area contributed by atoms with Crippen molar-refractivity contribution in [3.8, 4) is 5.88 Å². The summed E-state index contributed by atoms with van der Waals surface area (Å²) in [5.74, 6) is 1.28. The average molecular weight is 274 g/mol. The Labute approximate surface area is 96.3 Å². The van der Waals surface area contributed by atoms with E-state index in [1.807, 2.05) is 0 Å². The lowest BCUT2D eigenvalue weighted by Crippen LogP contribution is -2.17. The molecule has 1 atom stereocenters. The van der Waals surface area contributed by atoms with Gasteiger partial charge in [-0.15, -0.1) is 0 Å². The van der Waals surface area contributed by atoms with Crippen LogP contribution in [0.5, 0.6) is 5.88 Å². The molecule has 0 saturated carbocycles. The van der Waals surface area contributed by atoms with Gasteiger partial charge in [0, 0.05) is 13.5 Å². The van der Waals surface area contributed by atoms with E-state index in [9.17, 15) is 0 Å². The Morgan fingerprint density at radius 2 is 2.47 bits per heavy atom. The van der Waals surface area contributed by atoms with Crippen molar-refractivity contribution >= 4 is 21.7 Å². The maximum absolute atomic E-state index is 5.69. The molecule has 0 bridgehead atoms. The zero-order valence-corrected chi connectivity index (χ0v) is 9.95. The van der Waals surface area contributed by atoms with Gasteiger partial charge in [-0.05, 0) is 15.9 Å². The standard InChI is InChI=1S/C9H12BrN3O2/c1-11-8-7(10)9(13-5-12-8)15-6-2-3-14-4-6/h5-6H,2-4H2,1H3,(H,11,12,13). The van der Waals surface area contributed by atoms with Crippen molar-refractivity contribution in [1.82, 2.24) is 9.97 Å². The topological polar surface area (TPSA) is 56.3 Å². The average Bonchev–Trinajstić information content (AvgIpc) is 2.74. The quantitative estimate of drug-likeness (QED) is 0.904. The van der Waals surface area contributed by atoms with Crippen molar-refractivity contribution in [2.24, 2.45) is 0 Å². The molecular weight excluding hydrogens is 262 g/mol. The third kappa shape index (κ3) is 2.38. The summed E-state index contributed by atoms with van der Waals surface area (Å²) in [6.07, 6.45) is 2.48. The number of hydrogen-bond acceptors (Lipinski definition) is 5. The monoisotopic (exact) mass is 273 g/mol. The summed E-state index contributed by atoms with van der Waals surface area (Å²) in [6, 6.07) is 0. The first kappa shape index (κ1) is 10.6. The molecule has 1 aromatic rings. The van der Waals surface area contributed by atoms with Gasteiger partial charge in [-0.2, -0.15) is 0 Å². The molecule has 1 fully saturated rings. The van der Waals surface area contributed by atoms with Gasteiger partial charge >= 0.3 is 0 Å². The maximum Gasteiger partial charge on any atom is 0.233 e. The molecule has 2 heterocycles. The van der Waals surface area contributed by atoms with Gasteiger partial charge in [0.2, 0.25) is 5.88 Å². The number of nitrogens with zero attached hydrogens (tertiary/aromatic N) is 2. The molecule has 15 heavy (non-hydrogen) atoms. The van der Waals surface area contributed by atoms with E-state index >= 15 is 0 Å². The van der Waals surface area contributed by atoms with Gasteiger partial charge in [-0.1, -0.05) is 0 Å². The number of anilines is 1. The Kier molecular flexibility index (Phi) is 3.37. The highest BCUT2D eigenvalue weighted by Gasteiger charge is 2.20. The minimum atomic E-state index is 0.0981. The third-order valence-electron chi connectivity index (χ3n) is 2.16. The first-order valence-electron chi connectivity index (χ1n) is 4.74. The van der Waals surface area contributed by atoms with E-state index in [1.165, 1.54) is 6.33 Å². The van der Waals surface area contributed by atoms with Crippen LogP contribution in [0.2, 0.25) is 0 Å². The van der Waals surface area contributed by atoms with Crippen LogP contribution in [-0.2, 0) is 4.74 Å². The lowest BCUT2D eigenvalue weighted by atomic mass is 10.3. The van der Waals surface area contributed by atoms with Gasteiger partial charge in [-0.25, -0.2) is 9.97 Å². The van der Waals surface area contributed by atoms with Crippen LogP contribution in [0, 0.1) is 0 Å². The molecule has 0 radical (unpaired) electrons. The highest BCUT2D eigenvalue weighted by atomic mass is 79.9. The molecule has 1 aliphatic rings. The molecule has 0 amide bonds. The maximum atomic E-state index is 5.69. The number of halogens is 1. The Morgan fingerprint density at radius 3 is 3.13 bits per heavy atom. The zero-order chi connectivity index (χ0) is 10.7. The van der Waals surface area contributed by atoms with Crippen molar-refractivity contribution in [2.45, 2.75) is 12.5 Å². The Bertz CT molecular complexity index is 342. The molecule has 6 heteroatoms. The minimum Gasteiger partial charge on any atom is -0.471 e. The van der Waals surface area contributed by atoms with E-state index in [2.05, 4.69) is 31.2 Å². The molecule has 1 N–H and O–H groups in total. The number of aromatic nitrogens is 2. The molecule has 82 valence electrons. The SMILES string of the molecule is CNc1ncnc(OC2CCOC2)c1Br. The fraction of sp³-hybridized carbons (Fsp3) is 0.556. The van der Waals surface area contributed by atoms with E-state index in [4.69, 9.17) is 9.47 Å². The smallest absolute Gasteiger partial charge is 0.233 e. The second kappa shape index (κ2) is 4.76. The lowest BCUT2D eigenvalue weighted by molar-refractivity contribution is 0.137. The van der Waals surface area contributed by atoms with E-state index in [0.717, 1.165) is 23.3 Å². The summed E-state index contributed by atoms with van der Waals surface area (Å²) in [5.41, 5.74) is 0. The van der Waals surface area contributed by atoms with Crippen LogP contribution >= 0.6 is 15.9 Å². The Balaban J connectivity index is 2.13. The third-order valence-corrected chi connectivity index (χ3v) is 2.88. The van der Waals surface area contributed by atoms with Gasteiger partial charge in [0.05, 0.1) is 13.2 Å². The fourth-order valence-corrected chi connectivity index (χ4v) is 1.87. The summed E-state index contributed by atoms with van der Waals surface area (Å²) in [5, 5.41) is 2.95. The van der Waals surface area contributed by atoms with E-state index in [0.29, 0.717) is 12.5 Å². The van der Waals surface area contributed by atoms with Crippen molar-refractivity contribution in [3.63, 3.8) is 0 Å². The summed E-state index contributed by atoms with van der Waals surface area (Å²) in [7, 11) is 1.80. The van der Waals surface area contributed by atoms with Crippen molar-refractivity contribution < 1.29 is 9.47 Å². The zero-order valence-electron chi connectivity index (χ0n) is 8.36. The second-order valence-corrected chi connectivity index (χ2v) is 3.99. The van der Waals surface area contributed by atoms with E-state index in [1.54, 1.807) is 7.05 Å². The van der Waals surface area contributed by atoms with Crippen LogP contribution in [0.25, 0.3) is 0 Å². The first-order chi connectivity index (χ1) is 7.31. The molecule has 1 aromatic heterocycles. The molecule has 1 aliphatic heterocycles. The predicted molar refractivity (Wildman–Crippen MR) is 59.1 cm³/mol. The molecule has 5 nitrogen and oxygen atoms in total. The summed E-state index contributed by atoms with van der Waals surface area (Å²) >= 11 is 3.40. The second-order valence-electron chi connectivity index (χ2n) is 3.19. The molecule has 1 unspecified atom stereocenters. The van der Waals surface area contributed by atoms with Crippen LogP contribution < -0.4 is 10.1 Å². The van der Waals surface area contributed by atoms with E-state index < -0.39 is 0 Å². The Hall–Kier alpha value is -0.880. The summed E-state index contributed by atoms with van der Waals surface area (Å²) < 4.78 is 11.7. The highest BCUT2D eigenvalue weighted by Crippen LogP contribution is 2.29. The fourth-order valence-electron chi connectivity index (χ4n) is 1.37. The molecule has 2 rings (SSSR count). The molecule has 1 saturated heterocycles. The van der Waals surface area contributed by atoms with Gasteiger partial charge in [0.1, 0.15) is 22.7 Å². The summed E-state index contributed by atoms with van der Waals surface area (Å²) in [6.45, 7) is 1.39. The molecule has 0 aromatic carbocycles. The van der Waals surface area contributed by atoms with Crippen molar-refractivity contribution in [1.29, 1.82) is 0 Å². The minimum absolute atomic E-state index is 0.0981. The van der Waals surface area contributed by atoms with Gasteiger partial charge in [0.15, 0.2) is 0 Å². The van der Waals surface area contributed by atoms with Crippen LogP contribution in [0.3, 0.4) is 0 Å². The number of ether oxygens (including phenoxy) is 2. The van der Waals surface area contributed by atoms with Crippen LogP contribution in [0.4, 0.5) is 5.82 Å². The number of hydrogen-bond donors (Lipinski definition) is 1. The summed E-state index contributed by atoms with van der Waals surface area (Å²) in [4.78, 5) is 8.13. The Morgan fingerprint density at radius 1 is 1.60 bits per heavy atom. The predicted octanol–water partition coefficient (Wildman–Crippen LogP) is 1.45. The largest absolute Gasteiger partial charge is 0.471 e. The highest BCUT2D eigenvalue weighted by molar-refractivity contribution is 9.10. The number of nitrogens with one attached hydrogen (secondary N) is 1. The van der Waals surface area contributed by atoms with Crippen LogP contribution in [-0.4, -0.2) is 36.3 Å². The van der Waals surface area contributed by atoms with Crippen LogP contribution in [0.15, 0.2) is 10.8 Å². The molecule has 0 spiro atoms. The van der Waals surface area contributed by atoms with E-state index in [-0.39, 0.29) is 6.10 Å². The van der Waals surface area contributed by atoms with Gasteiger partial charge in [0.25, 0.3) is 0 Å². The normalized spacial score (nSPS) is 20.3.